The molecule has 0 aliphatic heterocycles. The molecule has 0 spiro atoms. The van der Waals surface area contributed by atoms with E-state index < -0.39 is 63.1 Å². The van der Waals surface area contributed by atoms with Crippen molar-refractivity contribution in [1.29, 1.82) is 0 Å². The van der Waals surface area contributed by atoms with Crippen LogP contribution in [-0.4, -0.2) is 98.9 Å². The summed E-state index contributed by atoms with van der Waals surface area (Å²) < 4.78 is 34.2. The Morgan fingerprint density at radius 1 is 0.516 bits per heavy atom. The summed E-state index contributed by atoms with van der Waals surface area (Å²) in [5, 5.41) is 50.2. The lowest BCUT2D eigenvalue weighted by Gasteiger charge is -2.41. The lowest BCUT2D eigenvalue weighted by Crippen LogP contribution is -2.64. The lowest BCUT2D eigenvalue weighted by atomic mass is 9.85. The van der Waals surface area contributed by atoms with Crippen LogP contribution in [-0.2, 0) is 27.9 Å². The van der Waals surface area contributed by atoms with E-state index >= 15 is 0 Å². The summed E-state index contributed by atoms with van der Waals surface area (Å²) in [4.78, 5) is 23.2. The molecule has 1 aliphatic rings. The van der Waals surface area contributed by atoms with Crippen molar-refractivity contribution in [2.45, 2.75) is 249 Å². The average molecular weight is 903 g/mol. The van der Waals surface area contributed by atoms with Gasteiger partial charge in [0.05, 0.1) is 13.2 Å². The van der Waals surface area contributed by atoms with Crippen molar-refractivity contribution in [2.24, 2.45) is 0 Å². The molecule has 1 rings (SSSR count). The zero-order valence-corrected chi connectivity index (χ0v) is 39.8. The van der Waals surface area contributed by atoms with Gasteiger partial charge >= 0.3 is 13.8 Å². The summed E-state index contributed by atoms with van der Waals surface area (Å²) in [5.41, 5.74) is 0. The Labute approximate surface area is 376 Å². The molecule has 0 aromatic heterocycles. The van der Waals surface area contributed by atoms with Crippen LogP contribution in [0.4, 0.5) is 0 Å². The highest BCUT2D eigenvalue weighted by Gasteiger charge is 2.51. The first-order valence-corrected chi connectivity index (χ1v) is 26.3. The Morgan fingerprint density at radius 2 is 0.903 bits per heavy atom. The fraction of sp³-hybridized carbons (Fsp3) is 0.857. The molecule has 6 unspecified atom stereocenters. The average Bonchev–Trinajstić information content (AvgIpc) is 3.26. The number of unbranched alkanes of at least 4 members (excludes halogenated alkanes) is 24. The van der Waals surface area contributed by atoms with Gasteiger partial charge in [-0.05, 0) is 51.4 Å². The number of phosphoric acid groups is 1. The third-order valence-electron chi connectivity index (χ3n) is 11.5. The maximum absolute atomic E-state index is 12.8. The van der Waals surface area contributed by atoms with E-state index in [1.54, 1.807) is 0 Å². The molecule has 0 aromatic rings. The van der Waals surface area contributed by atoms with Gasteiger partial charge in [0.15, 0.2) is 0 Å². The number of aliphatic hydroxyl groups is 5. The van der Waals surface area contributed by atoms with E-state index in [1.807, 2.05) is 0 Å². The molecule has 0 amide bonds. The second-order valence-electron chi connectivity index (χ2n) is 17.3. The van der Waals surface area contributed by atoms with Crippen molar-refractivity contribution in [3.05, 3.63) is 36.5 Å². The van der Waals surface area contributed by atoms with Gasteiger partial charge in [0.2, 0.25) is 0 Å². The smallest absolute Gasteiger partial charge is 0.457 e. The van der Waals surface area contributed by atoms with Crippen molar-refractivity contribution in [2.75, 3.05) is 19.8 Å². The Bertz CT molecular complexity index is 1170. The van der Waals surface area contributed by atoms with Crippen molar-refractivity contribution >= 4 is 13.8 Å². The van der Waals surface area contributed by atoms with Gasteiger partial charge < -0.3 is 39.9 Å². The summed E-state index contributed by atoms with van der Waals surface area (Å²) in [6.07, 6.45) is 34.9. The van der Waals surface area contributed by atoms with E-state index in [9.17, 15) is 39.8 Å². The Hall–Kier alpha value is -1.44. The molecule has 1 saturated carbocycles. The number of aliphatic hydroxyl groups excluding tert-OH is 5. The quantitative estimate of drug-likeness (QED) is 0.0147. The number of carbonyl (C=O) groups is 1. The Balaban J connectivity index is 2.38. The second-order valence-corrected chi connectivity index (χ2v) is 18.7. The van der Waals surface area contributed by atoms with Gasteiger partial charge in [0, 0.05) is 13.0 Å². The van der Waals surface area contributed by atoms with Gasteiger partial charge in [-0.2, -0.15) is 0 Å². The topological polar surface area (TPSA) is 192 Å². The maximum Gasteiger partial charge on any atom is 0.472 e. The molecule has 0 radical (unpaired) electrons. The maximum atomic E-state index is 12.8. The molecule has 0 bridgehead atoms. The molecular formula is C49H91O12P. The van der Waals surface area contributed by atoms with Crippen molar-refractivity contribution in [3.8, 4) is 0 Å². The number of hydrogen-bond donors (Lipinski definition) is 6. The minimum absolute atomic E-state index is 0.0831. The molecule has 1 aliphatic carbocycles. The van der Waals surface area contributed by atoms with Crippen LogP contribution in [0.15, 0.2) is 36.5 Å². The van der Waals surface area contributed by atoms with E-state index in [4.69, 9.17) is 18.5 Å². The molecular weight excluding hydrogens is 812 g/mol. The summed E-state index contributed by atoms with van der Waals surface area (Å²) in [7, 11) is -5.02. The number of allylic oxidation sites excluding steroid dienone is 6. The Kier molecular flexibility index (Phi) is 37.7. The summed E-state index contributed by atoms with van der Waals surface area (Å²) >= 11 is 0. The van der Waals surface area contributed by atoms with Gasteiger partial charge in [-0.15, -0.1) is 0 Å². The van der Waals surface area contributed by atoms with Gasteiger partial charge in [-0.25, -0.2) is 4.57 Å². The predicted octanol–water partition coefficient (Wildman–Crippen LogP) is 10.6. The van der Waals surface area contributed by atoms with Crippen LogP contribution >= 0.6 is 7.82 Å². The Morgan fingerprint density at radius 3 is 1.40 bits per heavy atom. The fourth-order valence-electron chi connectivity index (χ4n) is 7.54. The number of esters is 1. The number of phosphoric ester groups is 1. The van der Waals surface area contributed by atoms with Crippen LogP contribution in [0.25, 0.3) is 0 Å². The standard InChI is InChI=1S/C49H91O12P/c1-3-5-7-9-11-13-15-17-19-21-23-25-27-29-31-33-35-37-39-58-40-42(41-59-62(56,57)61-49-47(54)45(52)44(51)46(53)48(49)55)60-43(50)38-36-34-32-30-28-26-24-22-20-18-16-14-12-10-8-6-4-2/h12,14,18,20,24,26,42,44-49,51-55H,3-11,13,15-17,19,21-23,25,27-41H2,1-2H3,(H,56,57)/b14-12-,20-18-,26-24-/t42-,44?,45-,46?,47?,48?,49?/m1/s1. The van der Waals surface area contributed by atoms with Crippen LogP contribution in [0.2, 0.25) is 0 Å². The lowest BCUT2D eigenvalue weighted by molar-refractivity contribution is -0.220. The van der Waals surface area contributed by atoms with Gasteiger partial charge in [0.1, 0.15) is 42.7 Å². The van der Waals surface area contributed by atoms with Crippen LogP contribution in [0, 0.1) is 0 Å². The zero-order valence-electron chi connectivity index (χ0n) is 38.9. The number of rotatable bonds is 42. The zero-order chi connectivity index (χ0) is 45.5. The van der Waals surface area contributed by atoms with Gasteiger partial charge in [-0.1, -0.05) is 185 Å². The minimum atomic E-state index is -5.02. The van der Waals surface area contributed by atoms with Crippen molar-refractivity contribution in [1.82, 2.24) is 0 Å². The molecule has 0 heterocycles. The molecule has 13 heteroatoms. The van der Waals surface area contributed by atoms with Crippen LogP contribution in [0.5, 0.6) is 0 Å². The number of hydrogen-bond acceptors (Lipinski definition) is 11. The van der Waals surface area contributed by atoms with E-state index in [1.165, 1.54) is 116 Å². The van der Waals surface area contributed by atoms with E-state index in [-0.39, 0.29) is 13.0 Å². The SMILES string of the molecule is CCCCC/C=C\C/C=C\C/C=C\CCCCCCC(=O)O[C@H](COCCCCCCCCCCCCCCCCCCCC)COP(=O)(O)OC1C(O)C(O)C(O)[C@@H](O)C1O. The molecule has 62 heavy (non-hydrogen) atoms. The highest BCUT2D eigenvalue weighted by molar-refractivity contribution is 7.47. The normalized spacial score (nSPS) is 22.3. The van der Waals surface area contributed by atoms with Crippen LogP contribution in [0.3, 0.4) is 0 Å². The molecule has 12 nitrogen and oxygen atoms in total. The summed E-state index contributed by atoms with van der Waals surface area (Å²) in [5.74, 6) is -0.495. The van der Waals surface area contributed by atoms with Gasteiger partial charge in [0.25, 0.3) is 0 Å². The van der Waals surface area contributed by atoms with E-state index in [2.05, 4.69) is 50.3 Å². The molecule has 8 atom stereocenters. The van der Waals surface area contributed by atoms with Gasteiger partial charge in [-0.3, -0.25) is 13.8 Å². The highest BCUT2D eigenvalue weighted by Crippen LogP contribution is 2.47. The summed E-state index contributed by atoms with van der Waals surface area (Å²) in [6, 6.07) is 0. The number of carbonyl (C=O) groups excluding carboxylic acids is 1. The van der Waals surface area contributed by atoms with E-state index in [0.717, 1.165) is 64.2 Å². The first-order chi connectivity index (χ1) is 30.0. The molecule has 1 fully saturated rings. The fourth-order valence-corrected chi connectivity index (χ4v) is 8.51. The number of ether oxygens (including phenoxy) is 2. The molecule has 0 aromatic carbocycles. The third-order valence-corrected chi connectivity index (χ3v) is 12.5. The largest absolute Gasteiger partial charge is 0.472 e. The highest BCUT2D eigenvalue weighted by atomic mass is 31.2. The second kappa shape index (κ2) is 39.9. The van der Waals surface area contributed by atoms with E-state index in [0.29, 0.717) is 13.0 Å². The molecule has 6 N–H and O–H groups in total. The monoisotopic (exact) mass is 903 g/mol. The molecule has 364 valence electrons. The minimum Gasteiger partial charge on any atom is -0.457 e. The molecule has 0 saturated heterocycles. The van der Waals surface area contributed by atoms with Crippen LogP contribution < -0.4 is 0 Å². The first kappa shape index (κ1) is 58.6. The third kappa shape index (κ3) is 31.4. The van der Waals surface area contributed by atoms with Crippen molar-refractivity contribution < 1.29 is 58.3 Å². The summed E-state index contributed by atoms with van der Waals surface area (Å²) in [6.45, 7) is 4.23. The predicted molar refractivity (Wildman–Crippen MR) is 249 cm³/mol. The van der Waals surface area contributed by atoms with Crippen molar-refractivity contribution in [3.63, 3.8) is 0 Å². The van der Waals surface area contributed by atoms with Crippen LogP contribution in [0.1, 0.15) is 206 Å². The first-order valence-electron chi connectivity index (χ1n) is 24.8.